The number of nitrogens with zero attached hydrogens (tertiary/aromatic N) is 2. The average molecular weight is 505 g/mol. The Morgan fingerprint density at radius 2 is 1.54 bits per heavy atom. The highest BCUT2D eigenvalue weighted by atomic mass is 19.4. The summed E-state index contributed by atoms with van der Waals surface area (Å²) in [4.78, 5) is 15.3. The Balaban J connectivity index is 1.76. The van der Waals surface area contributed by atoms with E-state index in [4.69, 9.17) is 5.11 Å². The number of rotatable bonds is 7. The summed E-state index contributed by atoms with van der Waals surface area (Å²) in [6, 6.07) is 22.1. The van der Waals surface area contributed by atoms with Crippen LogP contribution in [0.25, 0.3) is 11.1 Å². The fourth-order valence-electron chi connectivity index (χ4n) is 4.31. The molecular weight excluding hydrogens is 481 g/mol. The van der Waals surface area contributed by atoms with Crippen molar-refractivity contribution >= 4 is 11.7 Å². The standard InChI is InChI=1S/C29H23F3N2O3/c1-18-16-23(14-15-33-18)27(34-37)17-25(24-4-2-3-5-26(24)29(30,31)32)21-10-6-19(7-11-21)20-8-12-22(13-9-20)28(35)36/h2-16,25,37H,17H2,1H3,(H,35,36)/b34-27+. The van der Waals surface area contributed by atoms with Crippen LogP contribution in [-0.2, 0) is 6.18 Å². The number of alkyl halides is 3. The molecule has 1 aromatic heterocycles. The van der Waals surface area contributed by atoms with Crippen molar-refractivity contribution < 1.29 is 28.3 Å². The Labute approximate surface area is 211 Å². The van der Waals surface area contributed by atoms with Gasteiger partial charge in [0.05, 0.1) is 16.8 Å². The number of halogens is 3. The molecule has 0 saturated carbocycles. The van der Waals surface area contributed by atoms with Gasteiger partial charge in [-0.25, -0.2) is 4.79 Å². The third-order valence-corrected chi connectivity index (χ3v) is 6.17. The van der Waals surface area contributed by atoms with Crippen LogP contribution in [0.3, 0.4) is 0 Å². The molecule has 37 heavy (non-hydrogen) atoms. The molecular formula is C29H23F3N2O3. The van der Waals surface area contributed by atoms with Crippen LogP contribution in [0.4, 0.5) is 13.2 Å². The third kappa shape index (κ3) is 5.86. The molecule has 0 fully saturated rings. The van der Waals surface area contributed by atoms with E-state index in [1.165, 1.54) is 24.3 Å². The van der Waals surface area contributed by atoms with Crippen LogP contribution in [-0.4, -0.2) is 27.0 Å². The first-order chi connectivity index (χ1) is 17.7. The van der Waals surface area contributed by atoms with Gasteiger partial charge in [-0.2, -0.15) is 13.2 Å². The number of carbonyl (C=O) groups is 1. The van der Waals surface area contributed by atoms with E-state index in [1.807, 2.05) is 0 Å². The summed E-state index contributed by atoms with van der Waals surface area (Å²) < 4.78 is 41.9. The first-order valence-electron chi connectivity index (χ1n) is 11.4. The maximum Gasteiger partial charge on any atom is 0.416 e. The van der Waals surface area contributed by atoms with E-state index in [0.29, 0.717) is 16.8 Å². The largest absolute Gasteiger partial charge is 0.478 e. The zero-order valence-electron chi connectivity index (χ0n) is 19.8. The van der Waals surface area contributed by atoms with Gasteiger partial charge in [-0.3, -0.25) is 4.98 Å². The third-order valence-electron chi connectivity index (χ3n) is 6.17. The maximum absolute atomic E-state index is 14.0. The number of carboxylic acid groups (broad SMARTS) is 1. The minimum atomic E-state index is -4.57. The number of aryl methyl sites for hydroxylation is 1. The molecule has 1 atom stereocenters. The zero-order chi connectivity index (χ0) is 26.6. The molecule has 0 aliphatic rings. The van der Waals surface area contributed by atoms with Crippen LogP contribution < -0.4 is 0 Å². The van der Waals surface area contributed by atoms with Crippen molar-refractivity contribution in [1.82, 2.24) is 4.98 Å². The van der Waals surface area contributed by atoms with Crippen molar-refractivity contribution in [3.8, 4) is 11.1 Å². The summed E-state index contributed by atoms with van der Waals surface area (Å²) in [5, 5.41) is 22.3. The lowest BCUT2D eigenvalue weighted by atomic mass is 9.82. The molecule has 0 aliphatic carbocycles. The van der Waals surface area contributed by atoms with Gasteiger partial charge in [-0.1, -0.05) is 59.8 Å². The topological polar surface area (TPSA) is 82.8 Å². The van der Waals surface area contributed by atoms with Crippen LogP contribution in [0.15, 0.2) is 96.3 Å². The average Bonchev–Trinajstić information content (AvgIpc) is 2.89. The molecule has 4 rings (SSSR count). The Morgan fingerprint density at radius 3 is 2.11 bits per heavy atom. The summed E-state index contributed by atoms with van der Waals surface area (Å²) >= 11 is 0. The van der Waals surface area contributed by atoms with Crippen LogP contribution in [0, 0.1) is 6.92 Å². The molecule has 0 spiro atoms. The number of aromatic nitrogens is 1. The van der Waals surface area contributed by atoms with Gasteiger partial charge in [-0.15, -0.1) is 0 Å². The highest BCUT2D eigenvalue weighted by Crippen LogP contribution is 2.40. The van der Waals surface area contributed by atoms with Crippen molar-refractivity contribution in [2.75, 3.05) is 0 Å². The van der Waals surface area contributed by atoms with Gasteiger partial charge in [0, 0.05) is 29.8 Å². The molecule has 0 saturated heterocycles. The fraction of sp³-hybridized carbons (Fsp3) is 0.138. The summed E-state index contributed by atoms with van der Waals surface area (Å²) in [6.07, 6.45) is -3.00. The molecule has 1 unspecified atom stereocenters. The highest BCUT2D eigenvalue weighted by molar-refractivity contribution is 6.01. The Morgan fingerprint density at radius 1 is 0.919 bits per heavy atom. The number of oxime groups is 1. The smallest absolute Gasteiger partial charge is 0.416 e. The van der Waals surface area contributed by atoms with Gasteiger partial charge in [-0.05, 0) is 59.5 Å². The number of pyridine rings is 1. The second-order valence-electron chi connectivity index (χ2n) is 8.58. The highest BCUT2D eigenvalue weighted by Gasteiger charge is 2.35. The minimum Gasteiger partial charge on any atom is -0.478 e. The summed E-state index contributed by atoms with van der Waals surface area (Å²) in [5.41, 5.74) is 3.13. The molecule has 2 N–H and O–H groups in total. The van der Waals surface area contributed by atoms with Gasteiger partial charge >= 0.3 is 12.1 Å². The van der Waals surface area contributed by atoms with E-state index in [2.05, 4.69) is 10.1 Å². The summed E-state index contributed by atoms with van der Waals surface area (Å²) in [6.45, 7) is 1.77. The van der Waals surface area contributed by atoms with E-state index in [9.17, 15) is 23.2 Å². The van der Waals surface area contributed by atoms with Crippen molar-refractivity contribution in [2.45, 2.75) is 25.4 Å². The Bertz CT molecular complexity index is 1430. The Kier molecular flexibility index (Phi) is 7.38. The first-order valence-corrected chi connectivity index (χ1v) is 11.4. The predicted octanol–water partition coefficient (Wildman–Crippen LogP) is 7.17. The van der Waals surface area contributed by atoms with Crippen LogP contribution >= 0.6 is 0 Å². The maximum atomic E-state index is 14.0. The monoisotopic (exact) mass is 504 g/mol. The molecule has 188 valence electrons. The minimum absolute atomic E-state index is 0.0136. The van der Waals surface area contributed by atoms with Crippen molar-refractivity contribution in [1.29, 1.82) is 0 Å². The molecule has 0 aliphatic heterocycles. The summed E-state index contributed by atoms with van der Waals surface area (Å²) in [7, 11) is 0. The van der Waals surface area contributed by atoms with E-state index >= 15 is 0 Å². The van der Waals surface area contributed by atoms with Gasteiger partial charge in [0.25, 0.3) is 0 Å². The lowest BCUT2D eigenvalue weighted by molar-refractivity contribution is -0.138. The Hall–Kier alpha value is -4.46. The molecule has 1 heterocycles. The normalized spacial score (nSPS) is 12.8. The lowest BCUT2D eigenvalue weighted by Crippen LogP contribution is -2.16. The second kappa shape index (κ2) is 10.7. The second-order valence-corrected chi connectivity index (χ2v) is 8.58. The predicted molar refractivity (Wildman–Crippen MR) is 134 cm³/mol. The molecule has 0 amide bonds. The lowest BCUT2D eigenvalue weighted by Gasteiger charge is -2.23. The molecule has 8 heteroatoms. The number of hydrogen-bond donors (Lipinski definition) is 2. The van der Waals surface area contributed by atoms with Crippen LogP contribution in [0.2, 0.25) is 0 Å². The molecule has 3 aromatic carbocycles. The van der Waals surface area contributed by atoms with Crippen LogP contribution in [0.5, 0.6) is 0 Å². The van der Waals surface area contributed by atoms with E-state index < -0.39 is 23.6 Å². The molecule has 0 radical (unpaired) electrons. The van der Waals surface area contributed by atoms with Crippen molar-refractivity contribution in [3.05, 3.63) is 125 Å². The number of aromatic carboxylic acids is 1. The number of hydrogen-bond acceptors (Lipinski definition) is 4. The van der Waals surface area contributed by atoms with Gasteiger partial charge < -0.3 is 10.3 Å². The number of carboxylic acids is 1. The number of benzene rings is 3. The SMILES string of the molecule is Cc1cc(/C(CC(c2ccc(-c3ccc(C(=O)O)cc3)cc2)c2ccccc2C(F)(F)F)=N/O)ccn1. The molecule has 5 nitrogen and oxygen atoms in total. The fourth-order valence-corrected chi connectivity index (χ4v) is 4.31. The van der Waals surface area contributed by atoms with E-state index in [0.717, 1.165) is 17.2 Å². The molecule has 4 aromatic rings. The van der Waals surface area contributed by atoms with Gasteiger partial charge in [0.2, 0.25) is 0 Å². The first kappa shape index (κ1) is 25.6. The summed E-state index contributed by atoms with van der Waals surface area (Å²) in [5.74, 6) is -1.79. The molecule has 0 bridgehead atoms. The van der Waals surface area contributed by atoms with Crippen molar-refractivity contribution in [2.24, 2.45) is 5.16 Å². The van der Waals surface area contributed by atoms with E-state index in [-0.39, 0.29) is 23.3 Å². The van der Waals surface area contributed by atoms with Crippen LogP contribution in [0.1, 0.15) is 50.6 Å². The quantitative estimate of drug-likeness (QED) is 0.159. The van der Waals surface area contributed by atoms with Gasteiger partial charge in [0.1, 0.15) is 0 Å². The van der Waals surface area contributed by atoms with E-state index in [1.54, 1.807) is 67.7 Å². The van der Waals surface area contributed by atoms with Gasteiger partial charge in [0.15, 0.2) is 0 Å². The van der Waals surface area contributed by atoms with Crippen molar-refractivity contribution in [3.63, 3.8) is 0 Å². The zero-order valence-corrected chi connectivity index (χ0v) is 19.8.